The molecule has 2 aromatic rings. The van der Waals surface area contributed by atoms with Gasteiger partial charge in [0.2, 0.25) is 17.8 Å². The summed E-state index contributed by atoms with van der Waals surface area (Å²) in [4.78, 5) is 22.6. The summed E-state index contributed by atoms with van der Waals surface area (Å²) >= 11 is 0. The molecule has 0 radical (unpaired) electrons. The van der Waals surface area contributed by atoms with Crippen LogP contribution in [0.25, 0.3) is 11.0 Å². The van der Waals surface area contributed by atoms with Gasteiger partial charge in [-0.05, 0) is 6.92 Å². The summed E-state index contributed by atoms with van der Waals surface area (Å²) in [5, 5.41) is 0.732. The average Bonchev–Trinajstić information content (AvgIpc) is 2.69. The molecule has 2 aromatic heterocycles. The second-order valence-electron chi connectivity index (χ2n) is 5.87. The van der Waals surface area contributed by atoms with E-state index in [0.717, 1.165) is 31.6 Å². The molecule has 0 unspecified atom stereocenters. The molecule has 2 saturated heterocycles. The van der Waals surface area contributed by atoms with Crippen molar-refractivity contribution in [2.75, 3.05) is 69.0 Å². The predicted molar refractivity (Wildman–Crippen MR) is 92.4 cm³/mol. The van der Waals surface area contributed by atoms with Crippen molar-refractivity contribution < 1.29 is 14.2 Å². The summed E-state index contributed by atoms with van der Waals surface area (Å²) in [5.41, 5.74) is 0.608. The van der Waals surface area contributed by atoms with Crippen molar-refractivity contribution in [3.8, 4) is 5.88 Å². The first-order valence-electron chi connectivity index (χ1n) is 8.68. The number of fused-ring (bicyclic) bond motifs is 1. The molecular weight excluding hydrogens is 324 g/mol. The number of nitrogens with zero attached hydrogens (tertiary/aromatic N) is 6. The van der Waals surface area contributed by atoms with Crippen molar-refractivity contribution in [2.45, 2.75) is 6.92 Å². The van der Waals surface area contributed by atoms with Crippen LogP contribution in [0.15, 0.2) is 6.20 Å². The zero-order chi connectivity index (χ0) is 17.1. The minimum Gasteiger partial charge on any atom is -0.477 e. The van der Waals surface area contributed by atoms with Gasteiger partial charge in [0, 0.05) is 32.4 Å². The van der Waals surface area contributed by atoms with E-state index in [9.17, 15) is 0 Å². The zero-order valence-electron chi connectivity index (χ0n) is 14.3. The third kappa shape index (κ3) is 3.42. The Balaban J connectivity index is 1.73. The average molecular weight is 346 g/mol. The van der Waals surface area contributed by atoms with Crippen LogP contribution in [0.3, 0.4) is 0 Å². The molecule has 9 heteroatoms. The van der Waals surface area contributed by atoms with E-state index in [1.165, 1.54) is 0 Å². The molecule has 0 aliphatic carbocycles. The Morgan fingerprint density at radius 2 is 1.52 bits per heavy atom. The van der Waals surface area contributed by atoms with Crippen LogP contribution in [0, 0.1) is 0 Å². The first-order chi connectivity index (χ1) is 12.3. The molecule has 9 nitrogen and oxygen atoms in total. The molecule has 2 aliphatic rings. The van der Waals surface area contributed by atoms with Gasteiger partial charge in [-0.15, -0.1) is 0 Å². The molecule has 0 bridgehead atoms. The maximum atomic E-state index is 5.71. The van der Waals surface area contributed by atoms with Crippen LogP contribution in [0.4, 0.5) is 11.9 Å². The van der Waals surface area contributed by atoms with E-state index in [2.05, 4.69) is 29.7 Å². The van der Waals surface area contributed by atoms with Gasteiger partial charge < -0.3 is 24.0 Å². The second-order valence-corrected chi connectivity index (χ2v) is 5.87. The molecular formula is C16H22N6O3. The van der Waals surface area contributed by atoms with Crippen molar-refractivity contribution in [1.82, 2.24) is 19.9 Å². The number of ether oxygens (including phenoxy) is 3. The smallest absolute Gasteiger partial charge is 0.230 e. The van der Waals surface area contributed by atoms with Gasteiger partial charge in [-0.1, -0.05) is 0 Å². The number of morpholine rings is 2. The van der Waals surface area contributed by atoms with Crippen LogP contribution in [0.2, 0.25) is 0 Å². The topological polar surface area (TPSA) is 85.7 Å². The van der Waals surface area contributed by atoms with Crippen molar-refractivity contribution in [3.05, 3.63) is 6.20 Å². The fourth-order valence-electron chi connectivity index (χ4n) is 2.94. The van der Waals surface area contributed by atoms with Gasteiger partial charge >= 0.3 is 0 Å². The van der Waals surface area contributed by atoms with Crippen molar-refractivity contribution >= 4 is 22.9 Å². The highest BCUT2D eigenvalue weighted by Gasteiger charge is 2.20. The second kappa shape index (κ2) is 7.32. The van der Waals surface area contributed by atoms with Crippen molar-refractivity contribution in [3.63, 3.8) is 0 Å². The Bertz CT molecular complexity index is 726. The van der Waals surface area contributed by atoms with E-state index >= 15 is 0 Å². The molecule has 2 fully saturated rings. The van der Waals surface area contributed by atoms with E-state index in [-0.39, 0.29) is 0 Å². The largest absolute Gasteiger partial charge is 0.477 e. The summed E-state index contributed by atoms with van der Waals surface area (Å²) in [5.74, 6) is 1.83. The van der Waals surface area contributed by atoms with E-state index in [1.807, 2.05) is 6.92 Å². The minimum atomic E-state index is 0.528. The van der Waals surface area contributed by atoms with E-state index in [0.29, 0.717) is 56.5 Å². The molecule has 134 valence electrons. The molecule has 4 heterocycles. The Morgan fingerprint density at radius 3 is 2.16 bits per heavy atom. The lowest BCUT2D eigenvalue weighted by Gasteiger charge is -2.28. The lowest BCUT2D eigenvalue weighted by atomic mass is 10.3. The first-order valence-corrected chi connectivity index (χ1v) is 8.68. The molecule has 0 amide bonds. The number of anilines is 2. The highest BCUT2D eigenvalue weighted by atomic mass is 16.5. The maximum Gasteiger partial charge on any atom is 0.230 e. The monoisotopic (exact) mass is 346 g/mol. The number of aromatic nitrogens is 4. The summed E-state index contributed by atoms with van der Waals surface area (Å²) in [6.45, 7) is 8.28. The van der Waals surface area contributed by atoms with Gasteiger partial charge in [-0.2, -0.15) is 15.0 Å². The van der Waals surface area contributed by atoms with Crippen LogP contribution in [0.5, 0.6) is 5.88 Å². The number of rotatable bonds is 4. The van der Waals surface area contributed by atoms with Crippen molar-refractivity contribution in [2.24, 2.45) is 0 Å². The lowest BCUT2D eigenvalue weighted by molar-refractivity contribution is 0.122. The summed E-state index contributed by atoms with van der Waals surface area (Å²) in [6, 6.07) is 0. The van der Waals surface area contributed by atoms with Crippen LogP contribution < -0.4 is 14.5 Å². The highest BCUT2D eigenvalue weighted by molar-refractivity contribution is 5.81. The molecule has 0 aromatic carbocycles. The highest BCUT2D eigenvalue weighted by Crippen LogP contribution is 2.26. The van der Waals surface area contributed by atoms with Crippen LogP contribution >= 0.6 is 0 Å². The molecule has 0 saturated carbocycles. The van der Waals surface area contributed by atoms with Gasteiger partial charge in [-0.3, -0.25) is 0 Å². The van der Waals surface area contributed by atoms with Gasteiger partial charge in [0.1, 0.15) is 5.39 Å². The van der Waals surface area contributed by atoms with Gasteiger partial charge in [0.05, 0.1) is 33.0 Å². The normalized spacial score (nSPS) is 18.6. The Hall–Kier alpha value is -2.26. The fourth-order valence-corrected chi connectivity index (χ4v) is 2.94. The first kappa shape index (κ1) is 16.2. The van der Waals surface area contributed by atoms with Gasteiger partial charge in [0.25, 0.3) is 0 Å². The summed E-state index contributed by atoms with van der Waals surface area (Å²) in [6.07, 6.45) is 1.75. The van der Waals surface area contributed by atoms with Gasteiger partial charge in [-0.25, -0.2) is 4.98 Å². The number of hydrogen-bond donors (Lipinski definition) is 0. The molecule has 0 N–H and O–H groups in total. The Labute approximate surface area is 145 Å². The lowest BCUT2D eigenvalue weighted by Crippen LogP contribution is -2.38. The number of hydrogen-bond acceptors (Lipinski definition) is 9. The predicted octanol–water partition coefficient (Wildman–Crippen LogP) is 0.492. The molecule has 4 rings (SSSR count). The molecule has 0 spiro atoms. The van der Waals surface area contributed by atoms with Crippen LogP contribution in [0.1, 0.15) is 6.92 Å². The van der Waals surface area contributed by atoms with Crippen LogP contribution in [-0.2, 0) is 9.47 Å². The maximum absolute atomic E-state index is 5.71. The molecule has 2 aliphatic heterocycles. The Morgan fingerprint density at radius 1 is 0.920 bits per heavy atom. The molecule has 25 heavy (non-hydrogen) atoms. The zero-order valence-corrected chi connectivity index (χ0v) is 14.3. The van der Waals surface area contributed by atoms with Crippen molar-refractivity contribution in [1.29, 1.82) is 0 Å². The SMILES string of the molecule is CCOc1nc(N2CCOCC2)nc2nc(N3CCOCC3)ncc12. The third-order valence-corrected chi connectivity index (χ3v) is 4.26. The Kier molecular flexibility index (Phi) is 4.75. The fraction of sp³-hybridized carbons (Fsp3) is 0.625. The molecule has 0 atom stereocenters. The minimum absolute atomic E-state index is 0.528. The summed E-state index contributed by atoms with van der Waals surface area (Å²) < 4.78 is 16.5. The summed E-state index contributed by atoms with van der Waals surface area (Å²) in [7, 11) is 0. The quantitative estimate of drug-likeness (QED) is 0.785. The van der Waals surface area contributed by atoms with Crippen LogP contribution in [-0.4, -0.2) is 79.1 Å². The van der Waals surface area contributed by atoms with E-state index in [4.69, 9.17) is 14.2 Å². The van der Waals surface area contributed by atoms with Gasteiger partial charge in [0.15, 0.2) is 5.65 Å². The van der Waals surface area contributed by atoms with E-state index < -0.39 is 0 Å². The van der Waals surface area contributed by atoms with E-state index in [1.54, 1.807) is 6.20 Å². The standard InChI is InChI=1S/C16H22N6O3/c1-2-25-14-12-11-17-15(21-3-7-23-8-4-21)18-13(12)19-16(20-14)22-5-9-24-10-6-22/h11H,2-10H2,1H3. The third-order valence-electron chi connectivity index (χ3n) is 4.26.